The molecule has 0 aliphatic heterocycles. The molecule has 0 aliphatic carbocycles. The second-order valence-corrected chi connectivity index (χ2v) is 0.749. The standard InChI is InChI=1S/C2H7N3O.ClH/c3-2(4)5-1-6;/h6H,1H2,(H4,3,4,5);1H. The topological polar surface area (TPSA) is 82.1 Å². The molecule has 44 valence electrons. The molecule has 0 aliphatic rings. The summed E-state index contributed by atoms with van der Waals surface area (Å²) < 4.78 is 0. The van der Waals surface area contributed by atoms with E-state index >= 15 is 0 Å². The minimum Gasteiger partial charge on any atom is -0.376 e. The number of halogens is 1. The Hall–Kier alpha value is -0.480. The third-order valence-electron chi connectivity index (χ3n) is 0.270. The number of rotatable bonds is 1. The molecule has 0 rings (SSSR count). The summed E-state index contributed by atoms with van der Waals surface area (Å²) in [6.07, 6.45) is 0. The van der Waals surface area contributed by atoms with Gasteiger partial charge in [-0.15, -0.1) is 12.4 Å². The highest BCUT2D eigenvalue weighted by atomic mass is 35.5. The van der Waals surface area contributed by atoms with E-state index in [1.165, 1.54) is 0 Å². The molecule has 0 atom stereocenters. The maximum Gasteiger partial charge on any atom is 0.187 e. The Morgan fingerprint density at radius 1 is 1.86 bits per heavy atom. The van der Waals surface area contributed by atoms with Crippen LogP contribution in [0.1, 0.15) is 0 Å². The highest BCUT2D eigenvalue weighted by Crippen LogP contribution is 1.40. The van der Waals surface area contributed by atoms with Crippen LogP contribution in [0.4, 0.5) is 0 Å². The predicted molar refractivity (Wildman–Crippen MR) is 29.4 cm³/mol. The molecule has 0 saturated carbocycles. The van der Waals surface area contributed by atoms with Gasteiger partial charge in [0.15, 0.2) is 5.96 Å². The van der Waals surface area contributed by atoms with Crippen molar-refractivity contribution in [3.63, 3.8) is 0 Å². The van der Waals surface area contributed by atoms with Crippen molar-refractivity contribution >= 4 is 18.4 Å². The zero-order valence-corrected chi connectivity index (χ0v) is 4.46. The second-order valence-electron chi connectivity index (χ2n) is 0.749. The summed E-state index contributed by atoms with van der Waals surface area (Å²) in [4.78, 5) is 0. The lowest BCUT2D eigenvalue weighted by Crippen LogP contribution is -2.30. The van der Waals surface area contributed by atoms with E-state index in [4.69, 9.17) is 16.2 Å². The van der Waals surface area contributed by atoms with Gasteiger partial charge < -0.3 is 16.2 Å². The molecule has 0 saturated heterocycles. The quantitative estimate of drug-likeness (QED) is 0.203. The zero-order chi connectivity index (χ0) is 4.99. The third kappa shape index (κ3) is 10.8. The van der Waals surface area contributed by atoms with Crippen molar-refractivity contribution < 1.29 is 5.11 Å². The van der Waals surface area contributed by atoms with Crippen LogP contribution in [-0.2, 0) is 0 Å². The molecule has 7 heavy (non-hydrogen) atoms. The van der Waals surface area contributed by atoms with Gasteiger partial charge in [-0.3, -0.25) is 5.41 Å². The Labute approximate surface area is 47.6 Å². The monoisotopic (exact) mass is 125 g/mol. The molecule has 0 unspecified atom stereocenters. The molecule has 0 amide bonds. The van der Waals surface area contributed by atoms with Crippen LogP contribution in [0.25, 0.3) is 0 Å². The van der Waals surface area contributed by atoms with Crippen molar-refractivity contribution in [3.05, 3.63) is 0 Å². The fraction of sp³-hybridized carbons (Fsp3) is 0.500. The molecule has 5 N–H and O–H groups in total. The minimum absolute atomic E-state index is 0. The summed E-state index contributed by atoms with van der Waals surface area (Å²) in [5.74, 6) is -0.211. The smallest absolute Gasteiger partial charge is 0.187 e. The third-order valence-corrected chi connectivity index (χ3v) is 0.270. The Bertz CT molecular complexity index is 56.9. The van der Waals surface area contributed by atoms with Crippen molar-refractivity contribution in [3.8, 4) is 0 Å². The molecule has 0 aromatic heterocycles. The highest BCUT2D eigenvalue weighted by molar-refractivity contribution is 5.85. The van der Waals surface area contributed by atoms with Crippen LogP contribution in [0.3, 0.4) is 0 Å². The number of guanidine groups is 1. The van der Waals surface area contributed by atoms with Gasteiger partial charge in [0.05, 0.1) is 0 Å². The Balaban J connectivity index is 0. The first-order valence-corrected chi connectivity index (χ1v) is 1.46. The number of hydrogen-bond donors (Lipinski definition) is 4. The minimum atomic E-state index is -0.269. The van der Waals surface area contributed by atoms with Gasteiger partial charge in [-0.05, 0) is 0 Å². The molecule has 0 aromatic rings. The summed E-state index contributed by atoms with van der Waals surface area (Å²) in [6, 6.07) is 0. The number of nitrogens with two attached hydrogens (primary N) is 1. The number of hydrogen-bond acceptors (Lipinski definition) is 2. The summed E-state index contributed by atoms with van der Waals surface area (Å²) in [7, 11) is 0. The van der Waals surface area contributed by atoms with E-state index < -0.39 is 0 Å². The fourth-order valence-electron chi connectivity index (χ4n) is 0.0852. The fourth-order valence-corrected chi connectivity index (χ4v) is 0.0852. The van der Waals surface area contributed by atoms with Gasteiger partial charge in [0.25, 0.3) is 0 Å². The first-order valence-electron chi connectivity index (χ1n) is 1.46. The molecule has 4 nitrogen and oxygen atoms in total. The van der Waals surface area contributed by atoms with E-state index in [0.29, 0.717) is 0 Å². The SMILES string of the molecule is Cl.N=C(N)NCO. The van der Waals surface area contributed by atoms with E-state index in [9.17, 15) is 0 Å². The van der Waals surface area contributed by atoms with E-state index in [-0.39, 0.29) is 25.1 Å². The van der Waals surface area contributed by atoms with Crippen LogP contribution in [-0.4, -0.2) is 17.8 Å². The molecule has 0 bridgehead atoms. The second kappa shape index (κ2) is 5.52. The molecule has 0 aromatic carbocycles. The van der Waals surface area contributed by atoms with E-state index in [1.807, 2.05) is 0 Å². The normalized spacial score (nSPS) is 6.43. The van der Waals surface area contributed by atoms with Crippen LogP contribution in [0.15, 0.2) is 0 Å². The van der Waals surface area contributed by atoms with Gasteiger partial charge in [0, 0.05) is 0 Å². The molecule has 0 radical (unpaired) electrons. The van der Waals surface area contributed by atoms with E-state index in [2.05, 4.69) is 5.32 Å². The van der Waals surface area contributed by atoms with Gasteiger partial charge in [-0.1, -0.05) is 0 Å². The number of aliphatic hydroxyl groups excluding tert-OH is 1. The van der Waals surface area contributed by atoms with Crippen molar-refractivity contribution in [2.24, 2.45) is 5.73 Å². The maximum atomic E-state index is 7.90. The van der Waals surface area contributed by atoms with Crippen LogP contribution < -0.4 is 11.1 Å². The summed E-state index contributed by atoms with van der Waals surface area (Å²) >= 11 is 0. The predicted octanol–water partition coefficient (Wildman–Crippen LogP) is -1.16. The lowest BCUT2D eigenvalue weighted by atomic mass is 11.0. The van der Waals surface area contributed by atoms with Gasteiger partial charge in [0.2, 0.25) is 0 Å². The largest absolute Gasteiger partial charge is 0.376 e. The van der Waals surface area contributed by atoms with Crippen LogP contribution >= 0.6 is 12.4 Å². The number of nitrogens with one attached hydrogen (secondary N) is 2. The summed E-state index contributed by atoms with van der Waals surface area (Å²) in [5, 5.41) is 16.4. The van der Waals surface area contributed by atoms with Crippen molar-refractivity contribution in [1.29, 1.82) is 5.41 Å². The Morgan fingerprint density at radius 3 is 2.29 bits per heavy atom. The molecular formula is C2H8ClN3O. The first kappa shape index (κ1) is 9.72. The molecule has 5 heteroatoms. The van der Waals surface area contributed by atoms with Crippen molar-refractivity contribution in [2.75, 3.05) is 6.73 Å². The maximum absolute atomic E-state index is 7.90. The lowest BCUT2D eigenvalue weighted by molar-refractivity contribution is 0.285. The zero-order valence-electron chi connectivity index (χ0n) is 3.64. The average molecular weight is 126 g/mol. The van der Waals surface area contributed by atoms with Crippen molar-refractivity contribution in [2.45, 2.75) is 0 Å². The highest BCUT2D eigenvalue weighted by Gasteiger charge is 1.74. The summed E-state index contributed by atoms with van der Waals surface area (Å²) in [6.45, 7) is -0.269. The molecule has 0 fully saturated rings. The van der Waals surface area contributed by atoms with E-state index in [0.717, 1.165) is 0 Å². The van der Waals surface area contributed by atoms with Crippen molar-refractivity contribution in [1.82, 2.24) is 5.32 Å². The Kier molecular flexibility index (Phi) is 7.67. The van der Waals surface area contributed by atoms with Gasteiger partial charge in [-0.25, -0.2) is 0 Å². The van der Waals surface area contributed by atoms with Gasteiger partial charge >= 0.3 is 0 Å². The van der Waals surface area contributed by atoms with E-state index in [1.54, 1.807) is 0 Å². The van der Waals surface area contributed by atoms with Crippen LogP contribution in [0.2, 0.25) is 0 Å². The van der Waals surface area contributed by atoms with Crippen LogP contribution in [0, 0.1) is 5.41 Å². The molecular weight excluding hydrogens is 117 g/mol. The molecule has 0 heterocycles. The first-order chi connectivity index (χ1) is 2.77. The lowest BCUT2D eigenvalue weighted by Gasteiger charge is -1.92. The summed E-state index contributed by atoms with van der Waals surface area (Å²) in [5.41, 5.74) is 4.72. The average Bonchev–Trinajstić information content (AvgIpc) is 1.35. The van der Waals surface area contributed by atoms with Gasteiger partial charge in [-0.2, -0.15) is 0 Å². The van der Waals surface area contributed by atoms with Crippen LogP contribution in [0.5, 0.6) is 0 Å². The number of aliphatic hydroxyl groups is 1. The van der Waals surface area contributed by atoms with Gasteiger partial charge in [0.1, 0.15) is 6.73 Å². The molecule has 0 spiro atoms. The Morgan fingerprint density at radius 2 is 2.29 bits per heavy atom.